The smallest absolute Gasteiger partial charge is 0.257 e. The highest BCUT2D eigenvalue weighted by atomic mass is 32.2. The van der Waals surface area contributed by atoms with Gasteiger partial charge in [-0.3, -0.25) is 4.79 Å². The molecule has 18 heavy (non-hydrogen) atoms. The number of carbonyl (C=O) groups is 1. The van der Waals surface area contributed by atoms with E-state index in [4.69, 9.17) is 4.42 Å². The van der Waals surface area contributed by atoms with Crippen LogP contribution in [-0.4, -0.2) is 22.2 Å². The second-order valence-electron chi connectivity index (χ2n) is 4.37. The van der Waals surface area contributed by atoms with Gasteiger partial charge in [0.15, 0.2) is 5.58 Å². The molecular formula is C13H16N2O2S. The molecule has 96 valence electrons. The largest absolute Gasteiger partial charge is 0.431 e. The van der Waals surface area contributed by atoms with Gasteiger partial charge in [0.25, 0.3) is 5.22 Å². The average Bonchev–Trinajstić information content (AvgIpc) is 2.69. The molecule has 1 heterocycles. The zero-order chi connectivity index (χ0) is 13.1. The van der Waals surface area contributed by atoms with Gasteiger partial charge in [0.2, 0.25) is 5.91 Å². The monoisotopic (exact) mass is 264 g/mol. The Hall–Kier alpha value is -1.49. The van der Waals surface area contributed by atoms with Gasteiger partial charge in [0.1, 0.15) is 5.52 Å². The number of oxazole rings is 1. The minimum absolute atomic E-state index is 0.00254. The van der Waals surface area contributed by atoms with E-state index in [9.17, 15) is 4.79 Å². The van der Waals surface area contributed by atoms with E-state index in [0.29, 0.717) is 5.22 Å². The standard InChI is InChI=1S/C13H16N2O2S/c1-8(2)14-12(16)9(3)18-13-15-10-6-4-5-7-11(10)17-13/h4-9H,1-3H3,(H,14,16)/t9-/m1/s1. The topological polar surface area (TPSA) is 55.1 Å². The van der Waals surface area contributed by atoms with E-state index in [2.05, 4.69) is 10.3 Å². The number of benzene rings is 1. The summed E-state index contributed by atoms with van der Waals surface area (Å²) < 4.78 is 5.57. The van der Waals surface area contributed by atoms with Crippen LogP contribution in [0.5, 0.6) is 0 Å². The first-order valence-electron chi connectivity index (χ1n) is 5.89. The van der Waals surface area contributed by atoms with Crippen molar-refractivity contribution in [3.63, 3.8) is 0 Å². The summed E-state index contributed by atoms with van der Waals surface area (Å²) in [6, 6.07) is 7.71. The first-order chi connectivity index (χ1) is 8.56. The first kappa shape index (κ1) is 13.0. The third-order valence-corrected chi connectivity index (χ3v) is 3.30. The molecule has 1 aromatic carbocycles. The van der Waals surface area contributed by atoms with Gasteiger partial charge in [-0.25, -0.2) is 4.98 Å². The molecule has 0 radical (unpaired) electrons. The van der Waals surface area contributed by atoms with Crippen LogP contribution >= 0.6 is 11.8 Å². The molecule has 1 aromatic heterocycles. The average molecular weight is 264 g/mol. The van der Waals surface area contributed by atoms with Gasteiger partial charge in [-0.05, 0) is 32.9 Å². The molecule has 0 bridgehead atoms. The Morgan fingerprint density at radius 1 is 1.33 bits per heavy atom. The Balaban J connectivity index is 2.06. The third kappa shape index (κ3) is 3.04. The minimum Gasteiger partial charge on any atom is -0.431 e. The number of hydrogen-bond acceptors (Lipinski definition) is 4. The quantitative estimate of drug-likeness (QED) is 0.863. The van der Waals surface area contributed by atoms with Crippen molar-refractivity contribution < 1.29 is 9.21 Å². The van der Waals surface area contributed by atoms with Crippen LogP contribution in [0.4, 0.5) is 0 Å². The van der Waals surface area contributed by atoms with Crippen LogP contribution in [0, 0.1) is 0 Å². The molecule has 2 aromatic rings. The predicted octanol–water partition coefficient (Wildman–Crippen LogP) is 2.83. The van der Waals surface area contributed by atoms with Crippen molar-refractivity contribution in [3.05, 3.63) is 24.3 Å². The van der Waals surface area contributed by atoms with Gasteiger partial charge in [-0.15, -0.1) is 0 Å². The number of thioether (sulfide) groups is 1. The summed E-state index contributed by atoms with van der Waals surface area (Å²) in [5.41, 5.74) is 1.56. The summed E-state index contributed by atoms with van der Waals surface area (Å²) in [4.78, 5) is 16.1. The Kier molecular flexibility index (Phi) is 3.91. The number of para-hydroxylation sites is 2. The van der Waals surface area contributed by atoms with Gasteiger partial charge in [-0.2, -0.15) is 0 Å². The summed E-state index contributed by atoms with van der Waals surface area (Å²) in [5.74, 6) is -0.00254. The third-order valence-electron chi connectivity index (χ3n) is 2.35. The van der Waals surface area contributed by atoms with Gasteiger partial charge in [0, 0.05) is 6.04 Å². The predicted molar refractivity (Wildman–Crippen MR) is 72.6 cm³/mol. The zero-order valence-electron chi connectivity index (χ0n) is 10.6. The number of amides is 1. The van der Waals surface area contributed by atoms with Crippen LogP contribution in [0.25, 0.3) is 11.1 Å². The van der Waals surface area contributed by atoms with Crippen molar-refractivity contribution in [1.82, 2.24) is 10.3 Å². The number of rotatable bonds is 4. The molecule has 5 heteroatoms. The molecule has 0 unspecified atom stereocenters. The van der Waals surface area contributed by atoms with Crippen molar-refractivity contribution in [3.8, 4) is 0 Å². The number of carbonyl (C=O) groups excluding carboxylic acids is 1. The summed E-state index contributed by atoms with van der Waals surface area (Å²) in [5, 5.41) is 3.18. The second-order valence-corrected chi connectivity index (χ2v) is 5.66. The molecule has 1 N–H and O–H groups in total. The first-order valence-corrected chi connectivity index (χ1v) is 6.77. The molecule has 2 rings (SSSR count). The lowest BCUT2D eigenvalue weighted by atomic mass is 10.3. The number of hydrogen-bond donors (Lipinski definition) is 1. The Morgan fingerprint density at radius 3 is 2.72 bits per heavy atom. The second kappa shape index (κ2) is 5.44. The van der Waals surface area contributed by atoms with Crippen LogP contribution in [0.3, 0.4) is 0 Å². The summed E-state index contributed by atoms with van der Waals surface area (Å²) in [6.07, 6.45) is 0. The van der Waals surface area contributed by atoms with Crippen LogP contribution < -0.4 is 5.32 Å². The van der Waals surface area contributed by atoms with E-state index in [0.717, 1.165) is 11.1 Å². The Bertz CT molecular complexity index is 518. The fourth-order valence-electron chi connectivity index (χ4n) is 1.51. The minimum atomic E-state index is -0.222. The molecule has 0 saturated heterocycles. The van der Waals surface area contributed by atoms with Gasteiger partial charge in [-0.1, -0.05) is 23.9 Å². The number of fused-ring (bicyclic) bond motifs is 1. The van der Waals surface area contributed by atoms with Crippen molar-refractivity contribution in [2.75, 3.05) is 0 Å². The van der Waals surface area contributed by atoms with Crippen LogP contribution in [0.1, 0.15) is 20.8 Å². The molecule has 0 fully saturated rings. The van der Waals surface area contributed by atoms with Crippen LogP contribution in [0.15, 0.2) is 33.9 Å². The lowest BCUT2D eigenvalue weighted by Crippen LogP contribution is -2.35. The molecular weight excluding hydrogens is 248 g/mol. The summed E-state index contributed by atoms with van der Waals surface area (Å²) in [7, 11) is 0. The van der Waals surface area contributed by atoms with Crippen molar-refractivity contribution in [2.45, 2.75) is 37.3 Å². The highest BCUT2D eigenvalue weighted by molar-refractivity contribution is 8.00. The zero-order valence-corrected chi connectivity index (χ0v) is 11.5. The maximum Gasteiger partial charge on any atom is 0.257 e. The van der Waals surface area contributed by atoms with Crippen molar-refractivity contribution in [2.24, 2.45) is 0 Å². The lowest BCUT2D eigenvalue weighted by molar-refractivity contribution is -0.120. The molecule has 1 atom stereocenters. The van der Waals surface area contributed by atoms with E-state index in [1.54, 1.807) is 0 Å². The van der Waals surface area contributed by atoms with Crippen molar-refractivity contribution >= 4 is 28.8 Å². The fraction of sp³-hybridized carbons (Fsp3) is 0.385. The normalized spacial score (nSPS) is 12.9. The Labute approximate surface area is 110 Å². The lowest BCUT2D eigenvalue weighted by Gasteiger charge is -2.12. The molecule has 4 nitrogen and oxygen atoms in total. The fourth-order valence-corrected chi connectivity index (χ4v) is 2.27. The highest BCUT2D eigenvalue weighted by Crippen LogP contribution is 2.26. The summed E-state index contributed by atoms with van der Waals surface area (Å²) >= 11 is 1.33. The SMILES string of the molecule is CC(C)NC(=O)[C@@H](C)Sc1nc2ccccc2o1. The molecule has 0 saturated carbocycles. The molecule has 0 aliphatic carbocycles. The van der Waals surface area contributed by atoms with E-state index < -0.39 is 0 Å². The van der Waals surface area contributed by atoms with E-state index in [1.807, 2.05) is 45.0 Å². The van der Waals surface area contributed by atoms with Gasteiger partial charge in [0.05, 0.1) is 5.25 Å². The van der Waals surface area contributed by atoms with Crippen LogP contribution in [-0.2, 0) is 4.79 Å². The number of nitrogens with zero attached hydrogens (tertiary/aromatic N) is 1. The van der Waals surface area contributed by atoms with E-state index in [-0.39, 0.29) is 17.2 Å². The molecule has 0 aliphatic rings. The Morgan fingerprint density at radius 2 is 2.06 bits per heavy atom. The number of aromatic nitrogens is 1. The van der Waals surface area contributed by atoms with Crippen LogP contribution in [0.2, 0.25) is 0 Å². The van der Waals surface area contributed by atoms with E-state index in [1.165, 1.54) is 11.8 Å². The van der Waals surface area contributed by atoms with Crippen molar-refractivity contribution in [1.29, 1.82) is 0 Å². The van der Waals surface area contributed by atoms with Gasteiger partial charge < -0.3 is 9.73 Å². The highest BCUT2D eigenvalue weighted by Gasteiger charge is 2.18. The molecule has 0 aliphatic heterocycles. The maximum absolute atomic E-state index is 11.8. The molecule has 1 amide bonds. The summed E-state index contributed by atoms with van der Waals surface area (Å²) in [6.45, 7) is 5.72. The maximum atomic E-state index is 11.8. The molecule has 0 spiro atoms. The van der Waals surface area contributed by atoms with Gasteiger partial charge >= 0.3 is 0 Å². The number of nitrogens with one attached hydrogen (secondary N) is 1. The van der Waals surface area contributed by atoms with E-state index >= 15 is 0 Å².